The third-order valence-corrected chi connectivity index (χ3v) is 4.22. The summed E-state index contributed by atoms with van der Waals surface area (Å²) in [7, 11) is 0. The zero-order valence-electron chi connectivity index (χ0n) is 11.5. The van der Waals surface area contributed by atoms with E-state index in [0.717, 1.165) is 0 Å². The van der Waals surface area contributed by atoms with E-state index in [1.807, 2.05) is 4.90 Å². The summed E-state index contributed by atoms with van der Waals surface area (Å²) in [5, 5.41) is 12.5. The van der Waals surface area contributed by atoms with Gasteiger partial charge in [0.25, 0.3) is 0 Å². The molecule has 1 aliphatic rings. The molecule has 1 aromatic carbocycles. The van der Waals surface area contributed by atoms with E-state index in [-0.39, 0.29) is 24.3 Å². The number of hydrogen-bond donors (Lipinski definition) is 2. The molecular weight excluding hydrogens is 315 g/mol. The first-order chi connectivity index (χ1) is 9.86. The number of carbonyl (C=O) groups excluding carboxylic acids is 1. The number of halogens is 2. The Labute approximate surface area is 132 Å². The number of benzene rings is 1. The maximum absolute atomic E-state index is 11.9. The van der Waals surface area contributed by atoms with E-state index >= 15 is 0 Å². The molecule has 2 N–H and O–H groups in total. The first kappa shape index (κ1) is 16.1. The Morgan fingerprint density at radius 1 is 1.43 bits per heavy atom. The third-order valence-electron chi connectivity index (χ3n) is 3.65. The van der Waals surface area contributed by atoms with Gasteiger partial charge in [0.05, 0.1) is 23.2 Å². The number of aliphatic carboxylic acids is 1. The summed E-state index contributed by atoms with van der Waals surface area (Å²) < 4.78 is 0. The minimum Gasteiger partial charge on any atom is -0.481 e. The molecule has 0 aliphatic carbocycles. The predicted molar refractivity (Wildman–Crippen MR) is 81.8 cm³/mol. The van der Waals surface area contributed by atoms with Gasteiger partial charge >= 0.3 is 5.97 Å². The first-order valence-electron chi connectivity index (χ1n) is 6.57. The van der Waals surface area contributed by atoms with Crippen molar-refractivity contribution in [3.05, 3.63) is 28.2 Å². The van der Waals surface area contributed by atoms with E-state index in [4.69, 9.17) is 28.3 Å². The van der Waals surface area contributed by atoms with E-state index in [1.165, 1.54) is 0 Å². The Morgan fingerprint density at radius 3 is 2.71 bits per heavy atom. The molecule has 1 aromatic rings. The SMILES string of the molecule is CC(C(=O)O)C1CN(CC(=O)Nc2cc(Cl)ccc2Cl)C1. The Kier molecular flexibility index (Phi) is 5.08. The molecule has 5 nitrogen and oxygen atoms in total. The summed E-state index contributed by atoms with van der Waals surface area (Å²) in [6.45, 7) is 3.14. The lowest BCUT2D eigenvalue weighted by molar-refractivity contribution is -0.145. The molecule has 7 heteroatoms. The lowest BCUT2D eigenvalue weighted by atomic mass is 9.87. The number of hydrogen-bond acceptors (Lipinski definition) is 3. The van der Waals surface area contributed by atoms with Gasteiger partial charge in [-0.3, -0.25) is 14.5 Å². The van der Waals surface area contributed by atoms with Crippen LogP contribution >= 0.6 is 23.2 Å². The van der Waals surface area contributed by atoms with Gasteiger partial charge in [0.1, 0.15) is 0 Å². The number of likely N-dealkylation sites (tertiary alicyclic amines) is 1. The monoisotopic (exact) mass is 330 g/mol. The molecular formula is C14H16Cl2N2O3. The standard InChI is InChI=1S/C14H16Cl2N2O3/c1-8(14(20)21)9-5-18(6-9)7-13(19)17-12-4-10(15)2-3-11(12)16/h2-4,8-9H,5-7H2,1H3,(H,17,19)(H,20,21). The fourth-order valence-corrected chi connectivity index (χ4v) is 2.58. The van der Waals surface area contributed by atoms with Crippen molar-refractivity contribution in [1.29, 1.82) is 0 Å². The van der Waals surface area contributed by atoms with E-state index in [0.29, 0.717) is 28.8 Å². The molecule has 2 rings (SSSR count). The van der Waals surface area contributed by atoms with Crippen molar-refractivity contribution >= 4 is 40.8 Å². The van der Waals surface area contributed by atoms with Crippen molar-refractivity contribution in [2.24, 2.45) is 11.8 Å². The van der Waals surface area contributed by atoms with Crippen molar-refractivity contribution in [1.82, 2.24) is 4.90 Å². The Hall–Kier alpha value is -1.30. The van der Waals surface area contributed by atoms with Gasteiger partial charge in [-0.1, -0.05) is 30.1 Å². The van der Waals surface area contributed by atoms with E-state index in [2.05, 4.69) is 5.32 Å². The van der Waals surface area contributed by atoms with Crippen molar-refractivity contribution in [3.63, 3.8) is 0 Å². The van der Waals surface area contributed by atoms with Crippen LogP contribution in [0.2, 0.25) is 10.0 Å². The van der Waals surface area contributed by atoms with Crippen molar-refractivity contribution in [2.75, 3.05) is 25.0 Å². The average molecular weight is 331 g/mol. The lowest BCUT2D eigenvalue weighted by Crippen LogP contribution is -2.53. The van der Waals surface area contributed by atoms with Gasteiger partial charge in [-0.2, -0.15) is 0 Å². The highest BCUT2D eigenvalue weighted by Crippen LogP contribution is 2.26. The number of nitrogens with zero attached hydrogens (tertiary/aromatic N) is 1. The maximum atomic E-state index is 11.9. The van der Waals surface area contributed by atoms with E-state index < -0.39 is 5.97 Å². The lowest BCUT2D eigenvalue weighted by Gasteiger charge is -2.40. The van der Waals surface area contributed by atoms with Crippen LogP contribution in [-0.2, 0) is 9.59 Å². The van der Waals surface area contributed by atoms with Gasteiger partial charge in [-0.05, 0) is 24.1 Å². The Balaban J connectivity index is 1.82. The van der Waals surface area contributed by atoms with Gasteiger partial charge in [0, 0.05) is 18.1 Å². The predicted octanol–water partition coefficient (Wildman–Crippen LogP) is 2.58. The quantitative estimate of drug-likeness (QED) is 0.870. The molecule has 0 aromatic heterocycles. The van der Waals surface area contributed by atoms with Crippen LogP contribution in [0.4, 0.5) is 5.69 Å². The van der Waals surface area contributed by atoms with Gasteiger partial charge < -0.3 is 10.4 Å². The number of amides is 1. The smallest absolute Gasteiger partial charge is 0.306 e. The summed E-state index contributed by atoms with van der Waals surface area (Å²) in [5.41, 5.74) is 0.477. The zero-order valence-corrected chi connectivity index (χ0v) is 13.0. The molecule has 1 fully saturated rings. The maximum Gasteiger partial charge on any atom is 0.306 e. The molecule has 114 valence electrons. The summed E-state index contributed by atoms with van der Waals surface area (Å²) >= 11 is 11.8. The third kappa shape index (κ3) is 4.09. The molecule has 0 spiro atoms. The van der Waals surface area contributed by atoms with Crippen LogP contribution in [0.5, 0.6) is 0 Å². The van der Waals surface area contributed by atoms with Crippen LogP contribution in [-0.4, -0.2) is 41.5 Å². The molecule has 0 saturated carbocycles. The zero-order chi connectivity index (χ0) is 15.6. The highest BCUT2D eigenvalue weighted by Gasteiger charge is 2.35. The number of carboxylic acid groups (broad SMARTS) is 1. The molecule has 1 aliphatic heterocycles. The second-order valence-corrected chi connectivity index (χ2v) is 6.10. The fourth-order valence-electron chi connectivity index (χ4n) is 2.24. The van der Waals surface area contributed by atoms with Crippen LogP contribution in [0, 0.1) is 11.8 Å². The largest absolute Gasteiger partial charge is 0.481 e. The van der Waals surface area contributed by atoms with E-state index in [1.54, 1.807) is 25.1 Å². The number of anilines is 1. The van der Waals surface area contributed by atoms with Gasteiger partial charge in [0.2, 0.25) is 5.91 Å². The molecule has 1 heterocycles. The van der Waals surface area contributed by atoms with Crippen LogP contribution in [0.3, 0.4) is 0 Å². The van der Waals surface area contributed by atoms with Crippen LogP contribution in [0.1, 0.15) is 6.92 Å². The normalized spacial score (nSPS) is 17.1. The molecule has 1 unspecified atom stereocenters. The highest BCUT2D eigenvalue weighted by atomic mass is 35.5. The van der Waals surface area contributed by atoms with Crippen LogP contribution in [0.25, 0.3) is 0 Å². The summed E-state index contributed by atoms with van der Waals surface area (Å²) in [4.78, 5) is 24.7. The van der Waals surface area contributed by atoms with Crippen molar-refractivity contribution in [3.8, 4) is 0 Å². The Bertz CT molecular complexity index is 559. The Morgan fingerprint density at radius 2 is 2.10 bits per heavy atom. The molecule has 21 heavy (non-hydrogen) atoms. The van der Waals surface area contributed by atoms with Gasteiger partial charge in [-0.25, -0.2) is 0 Å². The minimum atomic E-state index is -0.796. The second kappa shape index (κ2) is 6.64. The molecule has 1 atom stereocenters. The second-order valence-electron chi connectivity index (χ2n) is 5.25. The van der Waals surface area contributed by atoms with Crippen LogP contribution < -0.4 is 5.32 Å². The number of carboxylic acids is 1. The summed E-state index contributed by atoms with van der Waals surface area (Å²) in [6, 6.07) is 4.85. The number of nitrogens with one attached hydrogen (secondary N) is 1. The molecule has 1 saturated heterocycles. The number of rotatable bonds is 5. The average Bonchev–Trinajstić information content (AvgIpc) is 2.37. The number of carbonyl (C=O) groups is 2. The van der Waals surface area contributed by atoms with Crippen molar-refractivity contribution < 1.29 is 14.7 Å². The summed E-state index contributed by atoms with van der Waals surface area (Å²) in [5.74, 6) is -1.27. The molecule has 1 amide bonds. The minimum absolute atomic E-state index is 0.102. The van der Waals surface area contributed by atoms with Gasteiger partial charge in [-0.15, -0.1) is 0 Å². The first-order valence-corrected chi connectivity index (χ1v) is 7.32. The van der Waals surface area contributed by atoms with Crippen molar-refractivity contribution in [2.45, 2.75) is 6.92 Å². The molecule has 0 bridgehead atoms. The highest BCUT2D eigenvalue weighted by molar-refractivity contribution is 6.35. The van der Waals surface area contributed by atoms with Gasteiger partial charge in [0.15, 0.2) is 0 Å². The fraction of sp³-hybridized carbons (Fsp3) is 0.429. The topological polar surface area (TPSA) is 69.6 Å². The van der Waals surface area contributed by atoms with E-state index in [9.17, 15) is 9.59 Å². The molecule has 0 radical (unpaired) electrons. The summed E-state index contributed by atoms with van der Waals surface area (Å²) in [6.07, 6.45) is 0. The van der Waals surface area contributed by atoms with Crippen LogP contribution in [0.15, 0.2) is 18.2 Å².